The van der Waals surface area contributed by atoms with Crippen molar-refractivity contribution in [2.24, 2.45) is 5.14 Å². The van der Waals surface area contributed by atoms with Gasteiger partial charge in [-0.05, 0) is 18.2 Å². The number of H-pyrrole nitrogens is 1. The second kappa shape index (κ2) is 4.36. The van der Waals surface area contributed by atoms with E-state index in [0.717, 1.165) is 16.7 Å². The van der Waals surface area contributed by atoms with Crippen molar-refractivity contribution in [2.45, 2.75) is 6.61 Å². The molecule has 1 aromatic carbocycles. The lowest BCUT2D eigenvalue weighted by molar-refractivity contribution is 0.305. The summed E-state index contributed by atoms with van der Waals surface area (Å²) < 4.78 is 30.9. The Morgan fingerprint density at radius 2 is 2.12 bits per heavy atom. The molecule has 3 N–H and O–H groups in total. The Balaban J connectivity index is 2.25. The molecule has 92 valence electrons. The maximum absolute atomic E-state index is 10.6. The van der Waals surface area contributed by atoms with E-state index in [1.165, 1.54) is 0 Å². The highest BCUT2D eigenvalue weighted by molar-refractivity contribution is 7.84. The van der Waals surface area contributed by atoms with E-state index in [2.05, 4.69) is 9.17 Å². The standard InChI is InChI=1S/C10H12N2O4S/c1-15-9-3-2-7-4-8(12-10(7)5-9)6-16-17(11,13)14/h2-5,12H,6H2,1H3,(H2,11,13,14). The molecule has 0 fully saturated rings. The Kier molecular flexibility index (Phi) is 3.05. The van der Waals surface area contributed by atoms with Crippen LogP contribution in [0, 0.1) is 0 Å². The van der Waals surface area contributed by atoms with Crippen LogP contribution in [-0.2, 0) is 21.1 Å². The van der Waals surface area contributed by atoms with E-state index in [-0.39, 0.29) is 6.61 Å². The molecule has 0 saturated heterocycles. The molecule has 6 nitrogen and oxygen atoms in total. The molecule has 0 radical (unpaired) electrons. The highest BCUT2D eigenvalue weighted by Gasteiger charge is 2.06. The topological polar surface area (TPSA) is 94.4 Å². The van der Waals surface area contributed by atoms with Crippen LogP contribution in [0.5, 0.6) is 5.75 Å². The van der Waals surface area contributed by atoms with Gasteiger partial charge >= 0.3 is 10.3 Å². The summed E-state index contributed by atoms with van der Waals surface area (Å²) in [5.74, 6) is 0.721. The number of ether oxygens (including phenoxy) is 1. The molecule has 0 aliphatic heterocycles. The van der Waals surface area contributed by atoms with Crippen molar-refractivity contribution < 1.29 is 17.3 Å². The van der Waals surface area contributed by atoms with Gasteiger partial charge in [-0.3, -0.25) is 4.18 Å². The van der Waals surface area contributed by atoms with Gasteiger partial charge in [0.2, 0.25) is 0 Å². The van der Waals surface area contributed by atoms with Crippen LogP contribution in [0.4, 0.5) is 0 Å². The number of aromatic amines is 1. The largest absolute Gasteiger partial charge is 0.497 e. The summed E-state index contributed by atoms with van der Waals surface area (Å²) in [5.41, 5.74) is 1.47. The fourth-order valence-electron chi connectivity index (χ4n) is 1.52. The molecule has 0 aliphatic carbocycles. The predicted octanol–water partition coefficient (Wildman–Crippen LogP) is 0.897. The Hall–Kier alpha value is -1.57. The Morgan fingerprint density at radius 3 is 2.76 bits per heavy atom. The van der Waals surface area contributed by atoms with E-state index >= 15 is 0 Å². The maximum Gasteiger partial charge on any atom is 0.333 e. The molecule has 0 amide bonds. The molecular formula is C10H12N2O4S. The second-order valence-electron chi connectivity index (χ2n) is 3.50. The van der Waals surface area contributed by atoms with E-state index in [1.807, 2.05) is 18.2 Å². The summed E-state index contributed by atoms with van der Waals surface area (Å²) in [6, 6.07) is 7.29. The molecule has 0 unspecified atom stereocenters. The summed E-state index contributed by atoms with van der Waals surface area (Å²) in [7, 11) is -2.34. The fraction of sp³-hybridized carbons (Fsp3) is 0.200. The van der Waals surface area contributed by atoms with E-state index in [1.54, 1.807) is 13.2 Å². The number of benzene rings is 1. The number of rotatable bonds is 4. The molecule has 0 bridgehead atoms. The van der Waals surface area contributed by atoms with Gasteiger partial charge < -0.3 is 9.72 Å². The van der Waals surface area contributed by atoms with Crippen LogP contribution in [0.2, 0.25) is 0 Å². The summed E-state index contributed by atoms with van der Waals surface area (Å²) in [4.78, 5) is 3.02. The van der Waals surface area contributed by atoms with Gasteiger partial charge in [0, 0.05) is 22.7 Å². The molecule has 7 heteroatoms. The van der Waals surface area contributed by atoms with Crippen LogP contribution < -0.4 is 9.88 Å². The SMILES string of the molecule is COc1ccc2cc(COS(N)(=O)=O)[nH]c2c1. The summed E-state index contributed by atoms with van der Waals surface area (Å²) in [6.45, 7) is -0.115. The molecule has 0 aliphatic rings. The lowest BCUT2D eigenvalue weighted by Crippen LogP contribution is -2.15. The quantitative estimate of drug-likeness (QED) is 0.849. The molecule has 0 atom stereocenters. The first-order chi connectivity index (χ1) is 7.98. The van der Waals surface area contributed by atoms with Gasteiger partial charge in [0.05, 0.1) is 7.11 Å². The second-order valence-corrected chi connectivity index (χ2v) is 4.72. The molecule has 0 spiro atoms. The first-order valence-electron chi connectivity index (χ1n) is 4.81. The predicted molar refractivity (Wildman–Crippen MR) is 62.7 cm³/mol. The molecule has 17 heavy (non-hydrogen) atoms. The van der Waals surface area contributed by atoms with Crippen LogP contribution in [-0.4, -0.2) is 20.5 Å². The first-order valence-corrected chi connectivity index (χ1v) is 6.28. The third-order valence-electron chi connectivity index (χ3n) is 2.26. The normalized spacial score (nSPS) is 11.9. The molecule has 2 aromatic rings. The number of nitrogens with one attached hydrogen (secondary N) is 1. The average Bonchev–Trinajstić information content (AvgIpc) is 2.66. The number of fused-ring (bicyclic) bond motifs is 1. The molecular weight excluding hydrogens is 244 g/mol. The third-order valence-corrected chi connectivity index (χ3v) is 2.71. The zero-order valence-electron chi connectivity index (χ0n) is 9.14. The average molecular weight is 256 g/mol. The number of methoxy groups -OCH3 is 1. The van der Waals surface area contributed by atoms with E-state index < -0.39 is 10.3 Å². The van der Waals surface area contributed by atoms with Gasteiger partial charge in [0.25, 0.3) is 0 Å². The minimum Gasteiger partial charge on any atom is -0.497 e. The summed E-state index contributed by atoms with van der Waals surface area (Å²) in [5, 5.41) is 5.68. The smallest absolute Gasteiger partial charge is 0.333 e. The van der Waals surface area contributed by atoms with E-state index in [4.69, 9.17) is 9.88 Å². The number of hydrogen-bond acceptors (Lipinski definition) is 4. The van der Waals surface area contributed by atoms with Crippen molar-refractivity contribution in [1.82, 2.24) is 4.98 Å². The summed E-state index contributed by atoms with van der Waals surface area (Å²) in [6.07, 6.45) is 0. The highest BCUT2D eigenvalue weighted by Crippen LogP contribution is 2.21. The van der Waals surface area contributed by atoms with Crippen molar-refractivity contribution in [3.8, 4) is 5.75 Å². The Bertz CT molecular complexity index is 633. The first kappa shape index (κ1) is 11.9. The zero-order chi connectivity index (χ0) is 12.5. The van der Waals surface area contributed by atoms with E-state index in [9.17, 15) is 8.42 Å². The number of aromatic nitrogens is 1. The van der Waals surface area contributed by atoms with Gasteiger partial charge in [0.1, 0.15) is 12.4 Å². The van der Waals surface area contributed by atoms with Crippen molar-refractivity contribution in [3.05, 3.63) is 30.0 Å². The van der Waals surface area contributed by atoms with Crippen LogP contribution in [0.1, 0.15) is 5.69 Å². The highest BCUT2D eigenvalue weighted by atomic mass is 32.2. The van der Waals surface area contributed by atoms with Crippen LogP contribution in [0.25, 0.3) is 10.9 Å². The monoisotopic (exact) mass is 256 g/mol. The molecule has 2 rings (SSSR count). The Labute approximate surface area is 98.6 Å². The van der Waals surface area contributed by atoms with Gasteiger partial charge in [-0.2, -0.15) is 8.42 Å². The van der Waals surface area contributed by atoms with Crippen molar-refractivity contribution >= 4 is 21.2 Å². The van der Waals surface area contributed by atoms with Gasteiger partial charge in [-0.15, -0.1) is 0 Å². The minimum atomic E-state index is -3.92. The zero-order valence-corrected chi connectivity index (χ0v) is 9.95. The van der Waals surface area contributed by atoms with Gasteiger partial charge in [-0.1, -0.05) is 0 Å². The van der Waals surface area contributed by atoms with Crippen molar-refractivity contribution in [3.63, 3.8) is 0 Å². The lowest BCUT2D eigenvalue weighted by Gasteiger charge is -1.98. The fourth-order valence-corrected chi connectivity index (χ4v) is 1.81. The van der Waals surface area contributed by atoms with Crippen molar-refractivity contribution in [2.75, 3.05) is 7.11 Å². The van der Waals surface area contributed by atoms with Crippen LogP contribution in [0.15, 0.2) is 24.3 Å². The lowest BCUT2D eigenvalue weighted by atomic mass is 10.2. The summed E-state index contributed by atoms with van der Waals surface area (Å²) >= 11 is 0. The molecule has 1 heterocycles. The Morgan fingerprint density at radius 1 is 1.35 bits per heavy atom. The molecule has 0 saturated carbocycles. The van der Waals surface area contributed by atoms with Crippen LogP contribution in [0.3, 0.4) is 0 Å². The maximum atomic E-state index is 10.6. The van der Waals surface area contributed by atoms with Gasteiger partial charge in [-0.25, -0.2) is 5.14 Å². The van der Waals surface area contributed by atoms with E-state index in [0.29, 0.717) is 5.69 Å². The van der Waals surface area contributed by atoms with Crippen molar-refractivity contribution in [1.29, 1.82) is 0 Å². The van der Waals surface area contributed by atoms with Crippen LogP contribution >= 0.6 is 0 Å². The molecule has 1 aromatic heterocycles. The third kappa shape index (κ3) is 2.96. The minimum absolute atomic E-state index is 0.115. The number of nitrogens with two attached hydrogens (primary N) is 1. The van der Waals surface area contributed by atoms with Gasteiger partial charge in [0.15, 0.2) is 0 Å². The number of hydrogen-bond donors (Lipinski definition) is 2.